The summed E-state index contributed by atoms with van der Waals surface area (Å²) in [5, 5.41) is 5.10. The first kappa shape index (κ1) is 20.7. The van der Waals surface area contributed by atoms with Gasteiger partial charge in [0.1, 0.15) is 11.3 Å². The zero-order valence-electron chi connectivity index (χ0n) is 17.7. The molecule has 0 aliphatic rings. The van der Waals surface area contributed by atoms with Crippen molar-refractivity contribution in [2.24, 2.45) is 0 Å². The molecule has 0 unspecified atom stereocenters. The summed E-state index contributed by atoms with van der Waals surface area (Å²) >= 11 is 24.9. The van der Waals surface area contributed by atoms with Crippen LogP contribution in [0.15, 0.2) is 58.1 Å². The Labute approximate surface area is 219 Å². The number of aromatic nitrogens is 4. The van der Waals surface area contributed by atoms with E-state index < -0.39 is 0 Å². The van der Waals surface area contributed by atoms with Crippen molar-refractivity contribution in [1.29, 1.82) is 0 Å². The molecule has 4 aromatic heterocycles. The van der Waals surface area contributed by atoms with E-state index in [9.17, 15) is 9.59 Å². The number of fused-ring (bicyclic) bond motifs is 8. The highest BCUT2D eigenvalue weighted by molar-refractivity contribution is 6.43. The number of nitrogens with zero attached hydrogens (tertiary/aromatic N) is 4. The van der Waals surface area contributed by atoms with E-state index in [-0.39, 0.29) is 11.1 Å². The molecular weight excluding hydrogens is 542 g/mol. The molecule has 0 spiro atoms. The highest BCUT2D eigenvalue weighted by Crippen LogP contribution is 2.38. The molecule has 36 heavy (non-hydrogen) atoms. The van der Waals surface area contributed by atoms with Gasteiger partial charge in [0.2, 0.25) is 0 Å². The number of rotatable bonds is 0. The van der Waals surface area contributed by atoms with Crippen LogP contribution in [-0.2, 0) is 0 Å². The molecule has 0 aliphatic carbocycles. The van der Waals surface area contributed by atoms with Crippen LogP contribution in [0.5, 0.6) is 0 Å². The van der Waals surface area contributed by atoms with Crippen molar-refractivity contribution in [3.05, 3.63) is 89.3 Å². The Morgan fingerprint density at radius 3 is 1.31 bits per heavy atom. The highest BCUT2D eigenvalue weighted by atomic mass is 35.5. The molecule has 0 aliphatic heterocycles. The van der Waals surface area contributed by atoms with Crippen molar-refractivity contribution >= 4 is 112 Å². The van der Waals surface area contributed by atoms with E-state index in [1.807, 2.05) is 12.1 Å². The van der Waals surface area contributed by atoms with Gasteiger partial charge in [0.05, 0.1) is 42.2 Å². The minimum Gasteiger partial charge on any atom is -0.268 e. The van der Waals surface area contributed by atoms with E-state index in [1.165, 1.54) is 0 Å². The lowest BCUT2D eigenvalue weighted by molar-refractivity contribution is 1.18. The second-order valence-electron chi connectivity index (χ2n) is 8.73. The lowest BCUT2D eigenvalue weighted by atomic mass is 9.96. The Hall–Kier alpha value is -3.42. The van der Waals surface area contributed by atoms with Gasteiger partial charge < -0.3 is 0 Å². The first-order chi connectivity index (χ1) is 17.3. The van der Waals surface area contributed by atoms with E-state index in [0.717, 1.165) is 10.8 Å². The number of halogens is 4. The van der Waals surface area contributed by atoms with Crippen LogP contribution in [0, 0.1) is 0 Å². The monoisotopic (exact) mass is 548 g/mol. The summed E-state index contributed by atoms with van der Waals surface area (Å²) in [7, 11) is 0. The molecule has 0 fully saturated rings. The number of pyridine rings is 2. The second kappa shape index (κ2) is 6.66. The van der Waals surface area contributed by atoms with Crippen molar-refractivity contribution in [2.75, 3.05) is 0 Å². The van der Waals surface area contributed by atoms with Crippen molar-refractivity contribution in [1.82, 2.24) is 18.8 Å². The summed E-state index contributed by atoms with van der Waals surface area (Å²) in [6, 6.07) is 13.7. The predicted molar refractivity (Wildman–Crippen MR) is 146 cm³/mol. The molecule has 0 amide bonds. The molecule has 4 aromatic carbocycles. The highest BCUT2D eigenvalue weighted by Gasteiger charge is 2.23. The van der Waals surface area contributed by atoms with Crippen LogP contribution >= 0.6 is 46.4 Å². The van der Waals surface area contributed by atoms with Gasteiger partial charge in [0.15, 0.2) is 0 Å². The fourth-order valence-corrected chi connectivity index (χ4v) is 6.02. The third kappa shape index (κ3) is 2.36. The Morgan fingerprint density at radius 1 is 0.528 bits per heavy atom. The zero-order chi connectivity index (χ0) is 24.6. The van der Waals surface area contributed by atoms with Gasteiger partial charge in [-0.1, -0.05) is 46.4 Å². The summed E-state index contributed by atoms with van der Waals surface area (Å²) < 4.78 is 3.08. The number of hydrogen-bond donors (Lipinski definition) is 0. The van der Waals surface area contributed by atoms with Crippen LogP contribution in [-0.4, -0.2) is 18.8 Å². The molecule has 8 rings (SSSR count). The van der Waals surface area contributed by atoms with Gasteiger partial charge in [-0.05, 0) is 48.5 Å². The van der Waals surface area contributed by atoms with Crippen molar-refractivity contribution < 1.29 is 0 Å². The smallest absolute Gasteiger partial charge is 0.264 e. The molecule has 10 heteroatoms. The lowest BCUT2D eigenvalue weighted by Crippen LogP contribution is -2.16. The average Bonchev–Trinajstić information content (AvgIpc) is 3.40. The molecule has 0 atom stereocenters. The summed E-state index contributed by atoms with van der Waals surface area (Å²) in [6.07, 6.45) is 0. The van der Waals surface area contributed by atoms with Gasteiger partial charge in [0.25, 0.3) is 11.1 Å². The Morgan fingerprint density at radius 2 is 0.889 bits per heavy atom. The summed E-state index contributed by atoms with van der Waals surface area (Å²) in [4.78, 5) is 36.9. The molecule has 172 valence electrons. The van der Waals surface area contributed by atoms with E-state index in [0.29, 0.717) is 75.0 Å². The average molecular weight is 550 g/mol. The Balaban J connectivity index is 1.66. The maximum absolute atomic E-state index is 13.7. The fraction of sp³-hybridized carbons (Fsp3) is 0. The third-order valence-corrected chi connectivity index (χ3v) is 8.35. The van der Waals surface area contributed by atoms with Crippen molar-refractivity contribution in [2.45, 2.75) is 0 Å². The fourth-order valence-electron chi connectivity index (χ4n) is 5.38. The van der Waals surface area contributed by atoms with Gasteiger partial charge in [-0.2, -0.15) is 0 Å². The second-order valence-corrected chi connectivity index (χ2v) is 10.4. The molecule has 6 nitrogen and oxygen atoms in total. The van der Waals surface area contributed by atoms with Crippen LogP contribution in [0.2, 0.25) is 20.1 Å². The summed E-state index contributed by atoms with van der Waals surface area (Å²) in [5.74, 6) is 0. The quantitative estimate of drug-likeness (QED) is 0.192. The molecule has 0 saturated carbocycles. The van der Waals surface area contributed by atoms with E-state index in [1.54, 1.807) is 45.2 Å². The zero-order valence-corrected chi connectivity index (χ0v) is 20.8. The number of imidazole rings is 2. The van der Waals surface area contributed by atoms with Crippen LogP contribution in [0.25, 0.3) is 65.7 Å². The first-order valence-corrected chi connectivity index (χ1v) is 12.3. The Bertz CT molecular complexity index is 2240. The standard InChI is InChI=1S/C26H8Cl4N4O2/c27-13-5-17-19(7-15(13)29)33-23(31-17)9-1-3-11-22-10(2-4-12(21(9)22)26(33)36)24-32-18-6-14(28)16(30)8-20(18)34(24)25(11)35/h1-8H. The Kier molecular flexibility index (Phi) is 3.84. The number of hydrogen-bond acceptors (Lipinski definition) is 4. The molecule has 0 saturated heterocycles. The molecule has 8 aromatic rings. The van der Waals surface area contributed by atoms with Crippen LogP contribution < -0.4 is 11.1 Å². The third-order valence-electron chi connectivity index (χ3n) is 6.90. The van der Waals surface area contributed by atoms with Gasteiger partial charge in [-0.3, -0.25) is 18.4 Å². The van der Waals surface area contributed by atoms with E-state index in [2.05, 4.69) is 0 Å². The molecular formula is C26H8Cl4N4O2. The summed E-state index contributed by atoms with van der Waals surface area (Å²) in [6.45, 7) is 0. The maximum atomic E-state index is 13.7. The normalized spacial score (nSPS) is 12.7. The van der Waals surface area contributed by atoms with Crippen LogP contribution in [0.4, 0.5) is 0 Å². The molecule has 0 N–H and O–H groups in total. The van der Waals surface area contributed by atoms with Crippen molar-refractivity contribution in [3.8, 4) is 0 Å². The van der Waals surface area contributed by atoms with E-state index >= 15 is 0 Å². The molecule has 0 bridgehead atoms. The SMILES string of the molecule is O=c1c2ccc3c4c(ccc(c24)c2nc4cc(Cl)c(Cl)cc4n12)c(=O)n1c2cc(Cl)c(Cl)cc2nc31. The van der Waals surface area contributed by atoms with Crippen molar-refractivity contribution in [3.63, 3.8) is 0 Å². The van der Waals surface area contributed by atoms with Crippen LogP contribution in [0.1, 0.15) is 0 Å². The number of benzene rings is 4. The predicted octanol–water partition coefficient (Wildman–Crippen LogP) is 6.96. The maximum Gasteiger partial charge on any atom is 0.264 e. The van der Waals surface area contributed by atoms with Gasteiger partial charge in [-0.25, -0.2) is 9.97 Å². The molecule has 0 radical (unpaired) electrons. The first-order valence-electron chi connectivity index (χ1n) is 10.8. The van der Waals surface area contributed by atoms with Gasteiger partial charge >= 0.3 is 0 Å². The lowest BCUT2D eigenvalue weighted by Gasteiger charge is -2.12. The van der Waals surface area contributed by atoms with Gasteiger partial charge in [0, 0.05) is 32.3 Å². The molecule has 4 heterocycles. The largest absolute Gasteiger partial charge is 0.268 e. The van der Waals surface area contributed by atoms with E-state index in [4.69, 9.17) is 56.4 Å². The minimum absolute atomic E-state index is 0.257. The van der Waals surface area contributed by atoms with Crippen LogP contribution in [0.3, 0.4) is 0 Å². The minimum atomic E-state index is -0.257. The summed E-state index contributed by atoms with van der Waals surface area (Å²) in [5.41, 5.74) is 2.65. The van der Waals surface area contributed by atoms with Gasteiger partial charge in [-0.15, -0.1) is 0 Å². The topological polar surface area (TPSA) is 68.7 Å².